The van der Waals surface area contributed by atoms with Crippen molar-refractivity contribution >= 4 is 5.96 Å². The zero-order valence-electron chi connectivity index (χ0n) is 16.3. The highest BCUT2D eigenvalue weighted by atomic mass is 16.5. The SMILES string of the molecule is CCNC(=NCc1ccc(C)cc1OC)NCCc1nc(C(C)C)no1. The molecule has 0 unspecified atom stereocenters. The Labute approximate surface area is 155 Å². The predicted octanol–water partition coefficient (Wildman–Crippen LogP) is 2.81. The average molecular weight is 359 g/mol. The second-order valence-electron chi connectivity index (χ2n) is 6.39. The smallest absolute Gasteiger partial charge is 0.228 e. The highest BCUT2D eigenvalue weighted by Crippen LogP contribution is 2.20. The molecule has 0 atom stereocenters. The number of guanidine groups is 1. The van der Waals surface area contributed by atoms with Crippen molar-refractivity contribution in [1.29, 1.82) is 0 Å². The molecule has 2 aromatic rings. The lowest BCUT2D eigenvalue weighted by Gasteiger charge is -2.12. The number of nitrogens with zero attached hydrogens (tertiary/aromatic N) is 3. The summed E-state index contributed by atoms with van der Waals surface area (Å²) in [5, 5.41) is 10.5. The van der Waals surface area contributed by atoms with Crippen molar-refractivity contribution in [2.75, 3.05) is 20.2 Å². The van der Waals surface area contributed by atoms with Crippen molar-refractivity contribution in [3.05, 3.63) is 41.0 Å². The third-order valence-corrected chi connectivity index (χ3v) is 3.83. The van der Waals surface area contributed by atoms with Gasteiger partial charge in [0.15, 0.2) is 11.8 Å². The van der Waals surface area contributed by atoms with Crippen molar-refractivity contribution in [2.45, 2.75) is 46.6 Å². The van der Waals surface area contributed by atoms with Gasteiger partial charge in [0.25, 0.3) is 0 Å². The number of aliphatic imine (C=N–C) groups is 1. The normalized spacial score (nSPS) is 11.7. The summed E-state index contributed by atoms with van der Waals surface area (Å²) in [7, 11) is 1.68. The van der Waals surface area contributed by atoms with E-state index in [1.165, 1.54) is 5.56 Å². The van der Waals surface area contributed by atoms with Crippen LogP contribution in [0.1, 0.15) is 49.5 Å². The van der Waals surface area contributed by atoms with Gasteiger partial charge < -0.3 is 19.9 Å². The van der Waals surface area contributed by atoms with Gasteiger partial charge in [0, 0.05) is 31.0 Å². The van der Waals surface area contributed by atoms with Crippen LogP contribution in [-0.2, 0) is 13.0 Å². The molecule has 1 aromatic carbocycles. The van der Waals surface area contributed by atoms with Gasteiger partial charge in [-0.05, 0) is 25.5 Å². The number of benzene rings is 1. The van der Waals surface area contributed by atoms with Gasteiger partial charge in [-0.2, -0.15) is 4.98 Å². The third-order valence-electron chi connectivity index (χ3n) is 3.83. The topological polar surface area (TPSA) is 84.6 Å². The van der Waals surface area contributed by atoms with E-state index in [-0.39, 0.29) is 5.92 Å². The molecular weight excluding hydrogens is 330 g/mol. The molecule has 0 saturated heterocycles. The molecule has 2 N–H and O–H groups in total. The maximum absolute atomic E-state index is 5.44. The summed E-state index contributed by atoms with van der Waals surface area (Å²) in [6.45, 7) is 10.2. The van der Waals surface area contributed by atoms with Crippen molar-refractivity contribution in [3.8, 4) is 5.75 Å². The van der Waals surface area contributed by atoms with Gasteiger partial charge >= 0.3 is 0 Å². The molecule has 2 rings (SSSR count). The van der Waals surface area contributed by atoms with Crippen molar-refractivity contribution < 1.29 is 9.26 Å². The lowest BCUT2D eigenvalue weighted by atomic mass is 10.1. The van der Waals surface area contributed by atoms with Crippen molar-refractivity contribution in [2.24, 2.45) is 4.99 Å². The third kappa shape index (κ3) is 5.75. The molecule has 0 bridgehead atoms. The van der Waals surface area contributed by atoms with Crippen LogP contribution in [0.2, 0.25) is 0 Å². The monoisotopic (exact) mass is 359 g/mol. The molecule has 0 radical (unpaired) electrons. The van der Waals surface area contributed by atoms with Crippen LogP contribution in [0.5, 0.6) is 5.75 Å². The van der Waals surface area contributed by atoms with E-state index in [9.17, 15) is 0 Å². The van der Waals surface area contributed by atoms with E-state index in [4.69, 9.17) is 9.26 Å². The highest BCUT2D eigenvalue weighted by Gasteiger charge is 2.09. The summed E-state index contributed by atoms with van der Waals surface area (Å²) in [6, 6.07) is 6.13. The summed E-state index contributed by atoms with van der Waals surface area (Å²) >= 11 is 0. The lowest BCUT2D eigenvalue weighted by molar-refractivity contribution is 0.371. The van der Waals surface area contributed by atoms with E-state index in [0.717, 1.165) is 29.6 Å². The zero-order valence-corrected chi connectivity index (χ0v) is 16.3. The van der Waals surface area contributed by atoms with Crippen LogP contribution < -0.4 is 15.4 Å². The molecule has 0 saturated carbocycles. The second-order valence-corrected chi connectivity index (χ2v) is 6.39. The fourth-order valence-electron chi connectivity index (χ4n) is 2.38. The summed E-state index contributed by atoms with van der Waals surface area (Å²) in [5.74, 6) is 3.25. The average Bonchev–Trinajstić information content (AvgIpc) is 3.09. The van der Waals surface area contributed by atoms with E-state index in [1.807, 2.05) is 39.8 Å². The maximum Gasteiger partial charge on any atom is 0.228 e. The second kappa shape index (κ2) is 9.79. The largest absolute Gasteiger partial charge is 0.496 e. The summed E-state index contributed by atoms with van der Waals surface area (Å²) in [6.07, 6.45) is 0.651. The van der Waals surface area contributed by atoms with Gasteiger partial charge in [-0.15, -0.1) is 0 Å². The molecule has 0 aliphatic rings. The highest BCUT2D eigenvalue weighted by molar-refractivity contribution is 5.79. The molecule has 0 spiro atoms. The van der Waals surface area contributed by atoms with Gasteiger partial charge in [-0.25, -0.2) is 4.99 Å². The standard InChI is InChI=1S/C19H29N5O2/c1-6-20-19(21-10-9-17-23-18(13(2)3)24-26-17)22-12-15-8-7-14(4)11-16(15)25-5/h7-8,11,13H,6,9-10,12H2,1-5H3,(H2,20,21,22). The molecule has 0 aliphatic carbocycles. The molecular formula is C19H29N5O2. The molecule has 1 aromatic heterocycles. The number of rotatable bonds is 8. The fourth-order valence-corrected chi connectivity index (χ4v) is 2.38. The van der Waals surface area contributed by atoms with Gasteiger partial charge in [-0.1, -0.05) is 31.1 Å². The minimum absolute atomic E-state index is 0.267. The summed E-state index contributed by atoms with van der Waals surface area (Å²) in [4.78, 5) is 9.02. The fraction of sp³-hybridized carbons (Fsp3) is 0.526. The quantitative estimate of drug-likeness (QED) is 0.557. The minimum atomic E-state index is 0.267. The van der Waals surface area contributed by atoms with E-state index >= 15 is 0 Å². The summed E-state index contributed by atoms with van der Waals surface area (Å²) in [5.41, 5.74) is 2.22. The van der Waals surface area contributed by atoms with Crippen LogP contribution >= 0.6 is 0 Å². The number of nitrogens with one attached hydrogen (secondary N) is 2. The number of ether oxygens (including phenoxy) is 1. The molecule has 142 valence electrons. The van der Waals surface area contributed by atoms with Crippen molar-refractivity contribution in [3.63, 3.8) is 0 Å². The molecule has 0 amide bonds. The van der Waals surface area contributed by atoms with E-state index < -0.39 is 0 Å². The Balaban J connectivity index is 1.93. The molecule has 0 fully saturated rings. The lowest BCUT2D eigenvalue weighted by Crippen LogP contribution is -2.38. The van der Waals surface area contributed by atoms with Gasteiger partial charge in [0.2, 0.25) is 5.89 Å². The van der Waals surface area contributed by atoms with Crippen LogP contribution in [0.15, 0.2) is 27.7 Å². The van der Waals surface area contributed by atoms with E-state index in [1.54, 1.807) is 7.11 Å². The molecule has 0 aliphatic heterocycles. The van der Waals surface area contributed by atoms with Crippen LogP contribution in [-0.4, -0.2) is 36.3 Å². The molecule has 26 heavy (non-hydrogen) atoms. The Kier molecular flexibility index (Phi) is 7.44. The Morgan fingerprint density at radius 1 is 1.31 bits per heavy atom. The minimum Gasteiger partial charge on any atom is -0.496 e. The van der Waals surface area contributed by atoms with Crippen molar-refractivity contribution in [1.82, 2.24) is 20.8 Å². The Hall–Kier alpha value is -2.57. The van der Waals surface area contributed by atoms with E-state index in [0.29, 0.717) is 25.4 Å². The Bertz CT molecular complexity index is 724. The first kappa shape index (κ1) is 19.8. The predicted molar refractivity (Wildman–Crippen MR) is 103 cm³/mol. The molecule has 7 nitrogen and oxygen atoms in total. The summed E-state index contributed by atoms with van der Waals surface area (Å²) < 4.78 is 10.7. The van der Waals surface area contributed by atoms with Gasteiger partial charge in [0.1, 0.15) is 5.75 Å². The number of hydrogen-bond acceptors (Lipinski definition) is 5. The first-order valence-electron chi connectivity index (χ1n) is 9.01. The van der Waals surface area contributed by atoms with Crippen LogP contribution in [0.4, 0.5) is 0 Å². The molecule has 1 heterocycles. The molecule has 7 heteroatoms. The van der Waals surface area contributed by atoms with Crippen LogP contribution in [0.3, 0.4) is 0 Å². The number of hydrogen-bond donors (Lipinski definition) is 2. The van der Waals surface area contributed by atoms with Crippen LogP contribution in [0, 0.1) is 6.92 Å². The Morgan fingerprint density at radius 2 is 2.12 bits per heavy atom. The number of aryl methyl sites for hydroxylation is 1. The van der Waals surface area contributed by atoms with Gasteiger partial charge in [0.05, 0.1) is 13.7 Å². The van der Waals surface area contributed by atoms with Crippen LogP contribution in [0.25, 0.3) is 0 Å². The Morgan fingerprint density at radius 3 is 2.77 bits per heavy atom. The number of aromatic nitrogens is 2. The van der Waals surface area contributed by atoms with E-state index in [2.05, 4.69) is 31.8 Å². The number of methoxy groups -OCH3 is 1. The zero-order chi connectivity index (χ0) is 18.9. The first-order chi connectivity index (χ1) is 12.5. The van der Waals surface area contributed by atoms with Gasteiger partial charge in [-0.3, -0.25) is 0 Å². The maximum atomic E-state index is 5.44. The first-order valence-corrected chi connectivity index (χ1v) is 9.01.